The number of halogens is 1. The van der Waals surface area contributed by atoms with Gasteiger partial charge in [0, 0.05) is 11.2 Å². The van der Waals surface area contributed by atoms with E-state index in [1.165, 1.54) is 12.8 Å². The van der Waals surface area contributed by atoms with Crippen LogP contribution in [0.1, 0.15) is 38.7 Å². The molecule has 0 spiro atoms. The van der Waals surface area contributed by atoms with Crippen LogP contribution in [0.3, 0.4) is 0 Å². The maximum absolute atomic E-state index is 12.5. The average molecular weight is 324 g/mol. The van der Waals surface area contributed by atoms with Crippen LogP contribution in [0.5, 0.6) is 0 Å². The van der Waals surface area contributed by atoms with Crippen LogP contribution in [0, 0.1) is 11.8 Å². The monoisotopic (exact) mass is 323 g/mol. The molecule has 1 amide bonds. The first-order chi connectivity index (χ1) is 9.07. The van der Waals surface area contributed by atoms with Crippen LogP contribution in [-0.2, 0) is 10.3 Å². The average Bonchev–Trinajstić information content (AvgIpc) is 2.86. The van der Waals surface area contributed by atoms with Crippen molar-refractivity contribution in [3.8, 4) is 0 Å². The summed E-state index contributed by atoms with van der Waals surface area (Å²) in [5, 5.41) is 3.97. The molecule has 0 aromatic heterocycles. The number of rotatable bonds is 4. The lowest BCUT2D eigenvalue weighted by molar-refractivity contribution is -0.127. The van der Waals surface area contributed by atoms with Gasteiger partial charge in [0.15, 0.2) is 0 Å². The van der Waals surface area contributed by atoms with Gasteiger partial charge in [-0.25, -0.2) is 0 Å². The van der Waals surface area contributed by atoms with E-state index in [0.29, 0.717) is 5.92 Å². The first kappa shape index (κ1) is 14.6. The normalized spacial score (nSPS) is 25.8. The molecule has 19 heavy (non-hydrogen) atoms. The van der Waals surface area contributed by atoms with E-state index in [2.05, 4.69) is 47.2 Å². The maximum Gasteiger partial charge on any atom is 0.224 e. The molecular formula is C16H22BrNO. The summed E-state index contributed by atoms with van der Waals surface area (Å²) in [5.41, 5.74) is 0.812. The van der Waals surface area contributed by atoms with Gasteiger partial charge in [0.05, 0.1) is 5.54 Å². The van der Waals surface area contributed by atoms with Crippen LogP contribution in [0.15, 0.2) is 30.3 Å². The van der Waals surface area contributed by atoms with Gasteiger partial charge in [0.2, 0.25) is 5.91 Å². The van der Waals surface area contributed by atoms with Gasteiger partial charge in [0.25, 0.3) is 0 Å². The van der Waals surface area contributed by atoms with E-state index in [-0.39, 0.29) is 17.4 Å². The molecule has 0 heterocycles. The summed E-state index contributed by atoms with van der Waals surface area (Å²) in [6.45, 7) is 4.26. The number of nitrogens with one attached hydrogen (secondary N) is 1. The highest BCUT2D eigenvalue weighted by Gasteiger charge is 2.34. The van der Waals surface area contributed by atoms with Gasteiger partial charge in [-0.05, 0) is 31.2 Å². The molecule has 1 aliphatic carbocycles. The highest BCUT2D eigenvalue weighted by molar-refractivity contribution is 9.09. The van der Waals surface area contributed by atoms with Crippen molar-refractivity contribution >= 4 is 21.8 Å². The van der Waals surface area contributed by atoms with Crippen molar-refractivity contribution in [1.29, 1.82) is 0 Å². The summed E-state index contributed by atoms with van der Waals surface area (Å²) in [6.07, 6.45) is 3.38. The third-order valence-electron chi connectivity index (χ3n) is 4.28. The van der Waals surface area contributed by atoms with E-state index in [0.717, 1.165) is 17.3 Å². The molecule has 0 bridgehead atoms. The molecule has 2 rings (SSSR count). The molecule has 1 aromatic rings. The number of hydrogen-bond acceptors (Lipinski definition) is 1. The smallest absolute Gasteiger partial charge is 0.224 e. The fourth-order valence-electron chi connectivity index (χ4n) is 2.89. The van der Waals surface area contributed by atoms with Gasteiger partial charge in [-0.1, -0.05) is 59.6 Å². The van der Waals surface area contributed by atoms with E-state index >= 15 is 0 Å². The van der Waals surface area contributed by atoms with E-state index in [9.17, 15) is 4.79 Å². The molecule has 3 heteroatoms. The number of carbonyl (C=O) groups is 1. The molecule has 104 valence electrons. The van der Waals surface area contributed by atoms with Crippen molar-refractivity contribution in [2.24, 2.45) is 11.8 Å². The lowest BCUT2D eigenvalue weighted by atomic mass is 9.91. The molecule has 0 aliphatic heterocycles. The van der Waals surface area contributed by atoms with E-state index in [4.69, 9.17) is 0 Å². The third-order valence-corrected chi connectivity index (χ3v) is 5.40. The topological polar surface area (TPSA) is 29.1 Å². The van der Waals surface area contributed by atoms with Crippen molar-refractivity contribution in [2.75, 3.05) is 5.33 Å². The van der Waals surface area contributed by atoms with E-state index in [1.807, 2.05) is 18.2 Å². The Labute approximate surface area is 124 Å². The minimum atomic E-state index is -0.333. The van der Waals surface area contributed by atoms with Crippen molar-refractivity contribution in [3.63, 3.8) is 0 Å². The highest BCUT2D eigenvalue weighted by atomic mass is 79.9. The Bertz CT molecular complexity index is 434. The molecule has 1 aliphatic rings. The number of alkyl halides is 1. The zero-order chi connectivity index (χ0) is 13.9. The Balaban J connectivity index is 2.12. The summed E-state index contributed by atoms with van der Waals surface area (Å²) in [4.78, 5) is 12.5. The van der Waals surface area contributed by atoms with Gasteiger partial charge in [0.1, 0.15) is 0 Å². The molecule has 1 saturated carbocycles. The van der Waals surface area contributed by atoms with Crippen LogP contribution in [0.25, 0.3) is 0 Å². The van der Waals surface area contributed by atoms with Gasteiger partial charge in [-0.2, -0.15) is 0 Å². The third kappa shape index (κ3) is 3.19. The largest absolute Gasteiger partial charge is 0.346 e. The first-order valence-corrected chi connectivity index (χ1v) is 8.12. The Morgan fingerprint density at radius 3 is 2.58 bits per heavy atom. The van der Waals surface area contributed by atoms with Crippen LogP contribution in [0.4, 0.5) is 0 Å². The zero-order valence-corrected chi connectivity index (χ0v) is 13.2. The maximum atomic E-state index is 12.5. The second kappa shape index (κ2) is 6.08. The fraction of sp³-hybridized carbons (Fsp3) is 0.562. The molecule has 0 radical (unpaired) electrons. The summed E-state index contributed by atoms with van der Waals surface area (Å²) in [5.74, 6) is 0.897. The molecule has 3 atom stereocenters. The molecule has 2 nitrogen and oxygen atoms in total. The van der Waals surface area contributed by atoms with E-state index in [1.54, 1.807) is 0 Å². The second-order valence-corrected chi connectivity index (χ2v) is 6.40. The summed E-state index contributed by atoms with van der Waals surface area (Å²) < 4.78 is 0. The second-order valence-electron chi connectivity index (χ2n) is 5.84. The zero-order valence-electron chi connectivity index (χ0n) is 11.7. The number of benzene rings is 1. The number of amides is 1. The molecule has 1 fully saturated rings. The summed E-state index contributed by atoms with van der Waals surface area (Å²) in [6, 6.07) is 10.2. The fourth-order valence-corrected chi connectivity index (χ4v) is 3.35. The highest BCUT2D eigenvalue weighted by Crippen LogP contribution is 2.33. The van der Waals surface area contributed by atoms with Crippen LogP contribution >= 0.6 is 15.9 Å². The predicted molar refractivity (Wildman–Crippen MR) is 82.2 cm³/mol. The predicted octanol–water partition coefficient (Wildman–Crippen LogP) is 3.85. The van der Waals surface area contributed by atoms with Crippen molar-refractivity contribution in [1.82, 2.24) is 5.32 Å². The minimum Gasteiger partial charge on any atom is -0.346 e. The van der Waals surface area contributed by atoms with E-state index < -0.39 is 0 Å². The standard InChI is InChI=1S/C16H22BrNO/c1-12-7-6-10-14(12)15(19)18-16(2,11-17)13-8-4-3-5-9-13/h3-5,8-9,12,14H,6-7,10-11H2,1-2H3,(H,18,19). The van der Waals surface area contributed by atoms with Crippen molar-refractivity contribution in [3.05, 3.63) is 35.9 Å². The molecule has 1 N–H and O–H groups in total. The first-order valence-electron chi connectivity index (χ1n) is 7.00. The van der Waals surface area contributed by atoms with Gasteiger partial charge in [-0.3, -0.25) is 4.79 Å². The molecular weight excluding hydrogens is 302 g/mol. The number of hydrogen-bond donors (Lipinski definition) is 1. The van der Waals surface area contributed by atoms with Crippen molar-refractivity contribution < 1.29 is 4.79 Å². The van der Waals surface area contributed by atoms with Gasteiger partial charge >= 0.3 is 0 Å². The van der Waals surface area contributed by atoms with Gasteiger partial charge in [-0.15, -0.1) is 0 Å². The molecule has 3 unspecified atom stereocenters. The summed E-state index contributed by atoms with van der Waals surface area (Å²) >= 11 is 3.55. The molecule has 1 aromatic carbocycles. The minimum absolute atomic E-state index is 0.182. The SMILES string of the molecule is CC1CCCC1C(=O)NC(C)(CBr)c1ccccc1. The van der Waals surface area contributed by atoms with Crippen LogP contribution < -0.4 is 5.32 Å². The Morgan fingerprint density at radius 1 is 1.37 bits per heavy atom. The van der Waals surface area contributed by atoms with Crippen molar-refractivity contribution in [2.45, 2.75) is 38.6 Å². The van der Waals surface area contributed by atoms with Gasteiger partial charge < -0.3 is 5.32 Å². The van der Waals surface area contributed by atoms with Crippen LogP contribution in [-0.4, -0.2) is 11.2 Å². The molecule has 0 saturated heterocycles. The summed E-state index contributed by atoms with van der Waals surface area (Å²) in [7, 11) is 0. The Kier molecular flexibility index (Phi) is 4.67. The number of carbonyl (C=O) groups excluding carboxylic acids is 1. The quantitative estimate of drug-likeness (QED) is 0.838. The Hall–Kier alpha value is -0.830. The lowest BCUT2D eigenvalue weighted by Crippen LogP contribution is -2.47. The lowest BCUT2D eigenvalue weighted by Gasteiger charge is -2.31. The van der Waals surface area contributed by atoms with Crippen LogP contribution in [0.2, 0.25) is 0 Å². The Morgan fingerprint density at radius 2 is 2.05 bits per heavy atom.